The first-order chi connectivity index (χ1) is 13.5. The van der Waals surface area contributed by atoms with Crippen LogP contribution in [0.5, 0.6) is 11.5 Å². The zero-order valence-electron chi connectivity index (χ0n) is 15.3. The fourth-order valence-corrected chi connectivity index (χ4v) is 3.53. The predicted molar refractivity (Wildman–Crippen MR) is 109 cm³/mol. The number of nitrogens with two attached hydrogens (primary N) is 1. The van der Waals surface area contributed by atoms with Crippen LogP contribution in [-0.2, 0) is 0 Å². The summed E-state index contributed by atoms with van der Waals surface area (Å²) in [5.74, 6) is -0.137. The third-order valence-corrected chi connectivity index (χ3v) is 5.17. The van der Waals surface area contributed by atoms with Crippen molar-refractivity contribution in [3.05, 3.63) is 65.0 Å². The van der Waals surface area contributed by atoms with Gasteiger partial charge in [0.2, 0.25) is 0 Å². The molecule has 0 aliphatic heterocycles. The lowest BCUT2D eigenvalue weighted by Gasteiger charge is -2.11. The van der Waals surface area contributed by atoms with E-state index in [9.17, 15) is 9.59 Å². The van der Waals surface area contributed by atoms with Crippen molar-refractivity contribution >= 4 is 28.8 Å². The predicted octanol–water partition coefficient (Wildman–Crippen LogP) is 3.09. The smallest absolute Gasteiger partial charge is 0.281 e. The number of anilines is 1. The zero-order valence-corrected chi connectivity index (χ0v) is 16.1. The van der Waals surface area contributed by atoms with Crippen LogP contribution < -0.4 is 26.1 Å². The third kappa shape index (κ3) is 4.07. The van der Waals surface area contributed by atoms with Gasteiger partial charge in [-0.1, -0.05) is 30.3 Å². The minimum absolute atomic E-state index is 0.257. The Bertz CT molecular complexity index is 1000. The molecule has 0 fully saturated rings. The van der Waals surface area contributed by atoms with Crippen molar-refractivity contribution in [2.45, 2.75) is 0 Å². The van der Waals surface area contributed by atoms with Crippen LogP contribution in [-0.4, -0.2) is 26.0 Å². The highest BCUT2D eigenvalue weighted by molar-refractivity contribution is 7.18. The van der Waals surface area contributed by atoms with Crippen molar-refractivity contribution < 1.29 is 19.1 Å². The summed E-state index contributed by atoms with van der Waals surface area (Å²) < 4.78 is 10.3. The van der Waals surface area contributed by atoms with E-state index in [-0.39, 0.29) is 5.56 Å². The largest absolute Gasteiger partial charge is 0.497 e. The first-order valence-corrected chi connectivity index (χ1v) is 9.12. The van der Waals surface area contributed by atoms with Gasteiger partial charge in [-0.15, -0.1) is 11.3 Å². The minimum atomic E-state index is -0.522. The zero-order chi connectivity index (χ0) is 20.1. The molecule has 2 aromatic carbocycles. The fourth-order valence-electron chi connectivity index (χ4n) is 2.55. The summed E-state index contributed by atoms with van der Waals surface area (Å²) in [6.45, 7) is 0. The van der Waals surface area contributed by atoms with E-state index >= 15 is 0 Å². The van der Waals surface area contributed by atoms with Gasteiger partial charge in [-0.3, -0.25) is 20.4 Å². The molecule has 0 bridgehead atoms. The number of amides is 2. The van der Waals surface area contributed by atoms with Gasteiger partial charge in [-0.05, 0) is 23.8 Å². The number of carbonyl (C=O) groups excluding carboxylic acids is 2. The monoisotopic (exact) mass is 397 g/mol. The number of methoxy groups -OCH3 is 2. The van der Waals surface area contributed by atoms with E-state index in [0.29, 0.717) is 22.1 Å². The molecule has 3 rings (SSSR count). The molecule has 144 valence electrons. The third-order valence-electron chi connectivity index (χ3n) is 3.97. The van der Waals surface area contributed by atoms with Crippen molar-refractivity contribution in [1.29, 1.82) is 0 Å². The second-order valence-corrected chi connectivity index (χ2v) is 6.79. The lowest BCUT2D eigenvalue weighted by atomic mass is 10.2. The van der Waals surface area contributed by atoms with Crippen LogP contribution >= 0.6 is 11.3 Å². The average molecular weight is 397 g/mol. The van der Waals surface area contributed by atoms with Crippen molar-refractivity contribution in [1.82, 2.24) is 10.9 Å². The number of carbonyl (C=O) groups is 2. The molecule has 0 aliphatic rings. The van der Waals surface area contributed by atoms with Gasteiger partial charge in [0.1, 0.15) is 16.4 Å². The molecule has 3 aromatic rings. The van der Waals surface area contributed by atoms with Gasteiger partial charge in [-0.2, -0.15) is 0 Å². The van der Waals surface area contributed by atoms with Crippen molar-refractivity contribution in [3.8, 4) is 21.9 Å². The van der Waals surface area contributed by atoms with E-state index in [0.717, 1.165) is 10.4 Å². The van der Waals surface area contributed by atoms with E-state index < -0.39 is 11.8 Å². The highest BCUT2D eigenvalue weighted by Crippen LogP contribution is 2.33. The molecule has 2 amide bonds. The number of hydrogen-bond donors (Lipinski definition) is 3. The van der Waals surface area contributed by atoms with Crippen LogP contribution in [0.2, 0.25) is 0 Å². The van der Waals surface area contributed by atoms with Crippen LogP contribution in [0.15, 0.2) is 54.6 Å². The summed E-state index contributed by atoms with van der Waals surface area (Å²) in [5, 5.41) is 0. The number of benzene rings is 2. The normalized spacial score (nSPS) is 10.2. The average Bonchev–Trinajstić information content (AvgIpc) is 3.13. The highest BCUT2D eigenvalue weighted by atomic mass is 32.1. The molecular weight excluding hydrogens is 378 g/mol. The van der Waals surface area contributed by atoms with Crippen LogP contribution in [0, 0.1) is 0 Å². The minimum Gasteiger partial charge on any atom is -0.497 e. The lowest BCUT2D eigenvalue weighted by Crippen LogP contribution is -2.41. The van der Waals surface area contributed by atoms with Crippen LogP contribution in [0.1, 0.15) is 20.0 Å². The Balaban J connectivity index is 1.71. The summed E-state index contributed by atoms with van der Waals surface area (Å²) in [7, 11) is 2.96. The van der Waals surface area contributed by atoms with Crippen molar-refractivity contribution in [2.24, 2.45) is 0 Å². The van der Waals surface area contributed by atoms with Crippen LogP contribution in [0.3, 0.4) is 0 Å². The molecule has 4 N–H and O–H groups in total. The molecular formula is C20H19N3O4S. The van der Waals surface area contributed by atoms with Crippen LogP contribution in [0.25, 0.3) is 10.4 Å². The maximum absolute atomic E-state index is 12.5. The van der Waals surface area contributed by atoms with E-state index in [1.54, 1.807) is 24.3 Å². The molecule has 0 unspecified atom stereocenters. The maximum Gasteiger partial charge on any atom is 0.281 e. The standard InChI is InChI=1S/C20H19N3O4S/c1-26-13-8-9-14(16(10-13)27-2)19(24)22-23-20(25)18-15(21)11-17(28-18)12-6-4-3-5-7-12/h3-11H,21H2,1-2H3,(H,22,24)(H,23,25). The Labute approximate surface area is 166 Å². The summed E-state index contributed by atoms with van der Waals surface area (Å²) in [5.41, 5.74) is 12.3. The molecule has 0 aliphatic carbocycles. The van der Waals surface area contributed by atoms with Crippen molar-refractivity contribution in [2.75, 3.05) is 20.0 Å². The number of hydrazine groups is 1. The summed E-state index contributed by atoms with van der Waals surface area (Å²) in [6, 6.07) is 16.1. The molecule has 1 heterocycles. The maximum atomic E-state index is 12.5. The molecule has 28 heavy (non-hydrogen) atoms. The Kier molecular flexibility index (Phi) is 5.81. The van der Waals surface area contributed by atoms with Gasteiger partial charge < -0.3 is 15.2 Å². The molecule has 0 radical (unpaired) electrons. The topological polar surface area (TPSA) is 103 Å². The Hall–Kier alpha value is -3.52. The van der Waals surface area contributed by atoms with Gasteiger partial charge in [0.05, 0.1) is 25.5 Å². The Morgan fingerprint density at radius 1 is 0.929 bits per heavy atom. The highest BCUT2D eigenvalue weighted by Gasteiger charge is 2.18. The molecule has 0 spiro atoms. The lowest BCUT2D eigenvalue weighted by molar-refractivity contribution is 0.0847. The van der Waals surface area contributed by atoms with E-state index in [2.05, 4.69) is 10.9 Å². The number of ether oxygens (including phenoxy) is 2. The summed E-state index contributed by atoms with van der Waals surface area (Å²) in [6.07, 6.45) is 0. The fraction of sp³-hybridized carbons (Fsp3) is 0.100. The van der Waals surface area contributed by atoms with Gasteiger partial charge >= 0.3 is 0 Å². The molecule has 8 heteroatoms. The summed E-state index contributed by atoms with van der Waals surface area (Å²) in [4.78, 5) is 26.0. The first kappa shape index (κ1) is 19.2. The van der Waals surface area contributed by atoms with Gasteiger partial charge in [0, 0.05) is 10.9 Å². The molecule has 0 saturated heterocycles. The van der Waals surface area contributed by atoms with Crippen LogP contribution in [0.4, 0.5) is 5.69 Å². The van der Waals surface area contributed by atoms with Gasteiger partial charge in [0.25, 0.3) is 11.8 Å². The van der Waals surface area contributed by atoms with E-state index in [1.807, 2.05) is 30.3 Å². The number of nitrogens with one attached hydrogen (secondary N) is 2. The number of rotatable bonds is 5. The molecule has 7 nitrogen and oxygen atoms in total. The number of nitrogen functional groups attached to an aromatic ring is 1. The summed E-state index contributed by atoms with van der Waals surface area (Å²) >= 11 is 1.25. The molecule has 1 aromatic heterocycles. The first-order valence-electron chi connectivity index (χ1n) is 8.31. The van der Waals surface area contributed by atoms with E-state index in [1.165, 1.54) is 25.6 Å². The Morgan fingerprint density at radius 3 is 2.32 bits per heavy atom. The number of hydrogen-bond acceptors (Lipinski definition) is 6. The second kappa shape index (κ2) is 8.45. The quantitative estimate of drug-likeness (QED) is 0.574. The number of thiophene rings is 1. The van der Waals surface area contributed by atoms with Gasteiger partial charge in [0.15, 0.2) is 0 Å². The Morgan fingerprint density at radius 2 is 1.64 bits per heavy atom. The van der Waals surface area contributed by atoms with E-state index in [4.69, 9.17) is 15.2 Å². The second-order valence-electron chi connectivity index (χ2n) is 5.74. The molecule has 0 saturated carbocycles. The van der Waals surface area contributed by atoms with Crippen molar-refractivity contribution in [3.63, 3.8) is 0 Å². The SMILES string of the molecule is COc1ccc(C(=O)NNC(=O)c2sc(-c3ccccc3)cc2N)c(OC)c1. The molecule has 0 atom stereocenters. The van der Waals surface area contributed by atoms with Gasteiger partial charge in [-0.25, -0.2) is 0 Å².